The van der Waals surface area contributed by atoms with Gasteiger partial charge in [0.05, 0.1) is 0 Å². The lowest BCUT2D eigenvalue weighted by molar-refractivity contribution is -0.167. The van der Waals surface area contributed by atoms with Gasteiger partial charge in [0.2, 0.25) is 0 Å². The summed E-state index contributed by atoms with van der Waals surface area (Å²) in [5.74, 6) is -0.885. The first kappa shape index (κ1) is 67.8. The van der Waals surface area contributed by atoms with Gasteiger partial charge in [-0.05, 0) is 89.9 Å². The molecule has 0 saturated carbocycles. The van der Waals surface area contributed by atoms with Crippen molar-refractivity contribution in [2.45, 2.75) is 309 Å². The molecule has 0 aliphatic heterocycles. The van der Waals surface area contributed by atoms with Gasteiger partial charge in [-0.1, -0.05) is 267 Å². The molecule has 0 saturated heterocycles. The van der Waals surface area contributed by atoms with E-state index in [4.69, 9.17) is 14.2 Å². The van der Waals surface area contributed by atoms with E-state index in [1.807, 2.05) is 0 Å². The molecule has 0 rings (SSSR count). The van der Waals surface area contributed by atoms with Crippen LogP contribution in [0.15, 0.2) is 72.9 Å². The van der Waals surface area contributed by atoms with Crippen LogP contribution in [0.3, 0.4) is 0 Å². The van der Waals surface area contributed by atoms with Crippen molar-refractivity contribution in [2.24, 2.45) is 0 Å². The van der Waals surface area contributed by atoms with Crippen LogP contribution < -0.4 is 0 Å². The molecule has 6 heteroatoms. The summed E-state index contributed by atoms with van der Waals surface area (Å²) in [6.45, 7) is 6.49. The third-order valence-corrected chi connectivity index (χ3v) is 13.2. The Morgan fingerprint density at radius 3 is 0.873 bits per heavy atom. The lowest BCUT2D eigenvalue weighted by Gasteiger charge is -2.18. The molecule has 0 spiro atoms. The highest BCUT2D eigenvalue weighted by Crippen LogP contribution is 2.16. The van der Waals surface area contributed by atoms with Crippen molar-refractivity contribution < 1.29 is 28.6 Å². The maximum absolute atomic E-state index is 12.8. The Labute approximate surface area is 440 Å². The molecule has 1 unspecified atom stereocenters. The highest BCUT2D eigenvalue weighted by Gasteiger charge is 2.19. The molecule has 0 fully saturated rings. The maximum atomic E-state index is 12.8. The number of esters is 3. The van der Waals surface area contributed by atoms with E-state index in [1.54, 1.807) is 0 Å². The molecule has 0 aromatic heterocycles. The van der Waals surface area contributed by atoms with E-state index in [2.05, 4.69) is 93.7 Å². The van der Waals surface area contributed by atoms with Gasteiger partial charge in [0.25, 0.3) is 0 Å². The monoisotopic (exact) mass is 991 g/mol. The minimum Gasteiger partial charge on any atom is -0.462 e. The van der Waals surface area contributed by atoms with Crippen molar-refractivity contribution in [3.63, 3.8) is 0 Å². The second kappa shape index (κ2) is 59.4. The fourth-order valence-electron chi connectivity index (χ4n) is 8.64. The van der Waals surface area contributed by atoms with Gasteiger partial charge >= 0.3 is 17.9 Å². The fourth-order valence-corrected chi connectivity index (χ4v) is 8.64. The summed E-state index contributed by atoms with van der Waals surface area (Å²) in [7, 11) is 0. The minimum absolute atomic E-state index is 0.0776. The van der Waals surface area contributed by atoms with Gasteiger partial charge in [-0.2, -0.15) is 0 Å². The molecule has 0 bridgehead atoms. The highest BCUT2D eigenvalue weighted by molar-refractivity contribution is 5.71. The number of carbonyl (C=O) groups is 3. The zero-order valence-corrected chi connectivity index (χ0v) is 47.0. The lowest BCUT2D eigenvalue weighted by Crippen LogP contribution is -2.30. The van der Waals surface area contributed by atoms with Crippen molar-refractivity contribution >= 4 is 17.9 Å². The predicted octanol–water partition coefficient (Wildman–Crippen LogP) is 20.5. The molecule has 6 nitrogen and oxygen atoms in total. The highest BCUT2D eigenvalue weighted by atomic mass is 16.6. The number of hydrogen-bond acceptors (Lipinski definition) is 6. The third-order valence-electron chi connectivity index (χ3n) is 13.2. The van der Waals surface area contributed by atoms with Crippen molar-refractivity contribution in [2.75, 3.05) is 13.2 Å². The van der Waals surface area contributed by atoms with Crippen LogP contribution in [0.4, 0.5) is 0 Å². The van der Waals surface area contributed by atoms with Crippen LogP contribution in [0.1, 0.15) is 303 Å². The third kappa shape index (κ3) is 57.6. The summed E-state index contributed by atoms with van der Waals surface area (Å²) in [6, 6.07) is 0. The average molecular weight is 992 g/mol. The van der Waals surface area contributed by atoms with Crippen LogP contribution >= 0.6 is 0 Å². The number of unbranched alkanes of at least 4 members (excludes halogenated alkanes) is 32. The summed E-state index contributed by atoms with van der Waals surface area (Å²) in [5.41, 5.74) is 0. The zero-order chi connectivity index (χ0) is 51.4. The first-order valence-corrected chi connectivity index (χ1v) is 30.4. The standard InChI is InChI=1S/C65H114O6/c1-4-7-10-13-16-19-21-23-25-27-28-29-30-31-32-33-34-35-36-37-38-39-41-42-44-46-49-52-55-58-64(67)70-61-62(60-69-63(66)57-54-51-48-18-15-12-9-6-3)71-65(68)59-56-53-50-47-45-43-40-26-24-22-20-17-14-11-8-5-2/h7,10,16,19-20,22-23,25-26,28-29,40,62H,4-6,8-9,11-15,17-18,21,24,27,30-39,41-61H2,1-3H3/b10-7-,19-16-,22-20-,25-23-,29-28-,40-26-. The Hall–Kier alpha value is -3.15. The van der Waals surface area contributed by atoms with Crippen LogP contribution in [0.25, 0.3) is 0 Å². The Morgan fingerprint density at radius 2 is 0.549 bits per heavy atom. The Balaban J connectivity index is 4.11. The number of ether oxygens (including phenoxy) is 3. The van der Waals surface area contributed by atoms with Gasteiger partial charge in [-0.25, -0.2) is 0 Å². The molecule has 0 heterocycles. The van der Waals surface area contributed by atoms with Crippen LogP contribution in [0.2, 0.25) is 0 Å². The second-order valence-corrected chi connectivity index (χ2v) is 20.2. The molecule has 1 atom stereocenters. The van der Waals surface area contributed by atoms with Crippen molar-refractivity contribution in [3.05, 3.63) is 72.9 Å². The van der Waals surface area contributed by atoms with Crippen LogP contribution in [0, 0.1) is 0 Å². The number of hydrogen-bond donors (Lipinski definition) is 0. The molecule has 410 valence electrons. The molecule has 0 aromatic carbocycles. The molecule has 0 aliphatic rings. The largest absolute Gasteiger partial charge is 0.462 e. The Bertz CT molecular complexity index is 1320. The van der Waals surface area contributed by atoms with Gasteiger partial charge in [0.1, 0.15) is 13.2 Å². The van der Waals surface area contributed by atoms with Gasteiger partial charge in [0.15, 0.2) is 6.10 Å². The number of carbonyl (C=O) groups excluding carboxylic acids is 3. The van der Waals surface area contributed by atoms with Gasteiger partial charge in [0, 0.05) is 19.3 Å². The Kier molecular flexibility index (Phi) is 56.8. The quantitative estimate of drug-likeness (QED) is 0.0261. The zero-order valence-electron chi connectivity index (χ0n) is 47.0. The maximum Gasteiger partial charge on any atom is 0.306 e. The number of rotatable bonds is 55. The molecule has 71 heavy (non-hydrogen) atoms. The van der Waals surface area contributed by atoms with Gasteiger partial charge in [-0.3, -0.25) is 14.4 Å². The normalized spacial score (nSPS) is 12.5. The van der Waals surface area contributed by atoms with E-state index in [0.29, 0.717) is 19.3 Å². The average Bonchev–Trinajstić information content (AvgIpc) is 3.37. The van der Waals surface area contributed by atoms with E-state index in [0.717, 1.165) is 109 Å². The summed E-state index contributed by atoms with van der Waals surface area (Å²) >= 11 is 0. The van der Waals surface area contributed by atoms with E-state index < -0.39 is 6.10 Å². The second-order valence-electron chi connectivity index (χ2n) is 20.2. The van der Waals surface area contributed by atoms with Crippen LogP contribution in [-0.2, 0) is 28.6 Å². The SMILES string of the molecule is CC/C=C\C/C=C\C/C=C\C/C=C\CCCCCCCCCCCCCCCCCCC(=O)OCC(COC(=O)CCCCCCCCCC)OC(=O)CCCCCCC/C=C\C/C=C\CCCCCC. The fraction of sp³-hybridized carbons (Fsp3) is 0.769. The van der Waals surface area contributed by atoms with Crippen molar-refractivity contribution in [1.82, 2.24) is 0 Å². The van der Waals surface area contributed by atoms with E-state index in [-0.39, 0.29) is 31.1 Å². The van der Waals surface area contributed by atoms with Gasteiger partial charge < -0.3 is 14.2 Å². The smallest absolute Gasteiger partial charge is 0.306 e. The van der Waals surface area contributed by atoms with Crippen LogP contribution in [0.5, 0.6) is 0 Å². The summed E-state index contributed by atoms with van der Waals surface area (Å²) in [4.78, 5) is 38.0. The van der Waals surface area contributed by atoms with E-state index in [1.165, 1.54) is 154 Å². The minimum atomic E-state index is -0.778. The summed E-state index contributed by atoms with van der Waals surface area (Å²) in [6.07, 6.45) is 76.4. The summed E-state index contributed by atoms with van der Waals surface area (Å²) in [5, 5.41) is 0. The number of allylic oxidation sites excluding steroid dienone is 12. The van der Waals surface area contributed by atoms with Crippen molar-refractivity contribution in [1.29, 1.82) is 0 Å². The van der Waals surface area contributed by atoms with Crippen molar-refractivity contribution in [3.8, 4) is 0 Å². The van der Waals surface area contributed by atoms with E-state index in [9.17, 15) is 14.4 Å². The topological polar surface area (TPSA) is 78.9 Å². The van der Waals surface area contributed by atoms with Gasteiger partial charge in [-0.15, -0.1) is 0 Å². The Morgan fingerprint density at radius 1 is 0.296 bits per heavy atom. The molecule has 0 aliphatic carbocycles. The molecule has 0 radical (unpaired) electrons. The lowest BCUT2D eigenvalue weighted by atomic mass is 10.0. The summed E-state index contributed by atoms with van der Waals surface area (Å²) < 4.78 is 16.8. The molecule has 0 amide bonds. The molecular formula is C65H114O6. The first-order chi connectivity index (χ1) is 35.0. The van der Waals surface area contributed by atoms with Crippen LogP contribution in [-0.4, -0.2) is 37.2 Å². The molecular weight excluding hydrogens is 877 g/mol. The van der Waals surface area contributed by atoms with E-state index >= 15 is 0 Å². The molecule has 0 N–H and O–H groups in total. The first-order valence-electron chi connectivity index (χ1n) is 30.4. The molecule has 0 aromatic rings. The predicted molar refractivity (Wildman–Crippen MR) is 307 cm³/mol.